The average molecular weight is 293 g/mol. The number of nitrogens with one attached hydrogen (secondary N) is 1. The van der Waals surface area contributed by atoms with Gasteiger partial charge in [0.05, 0.1) is 32.6 Å². The van der Waals surface area contributed by atoms with Crippen LogP contribution in [0.2, 0.25) is 0 Å². The third-order valence-electron chi connectivity index (χ3n) is 3.65. The molecule has 2 rings (SSSR count). The number of hydrogen-bond donors (Lipinski definition) is 2. The Labute approximate surface area is 125 Å². The van der Waals surface area contributed by atoms with Crippen molar-refractivity contribution in [2.75, 3.05) is 44.5 Å². The van der Waals surface area contributed by atoms with Crippen LogP contribution in [-0.4, -0.2) is 49.8 Å². The summed E-state index contributed by atoms with van der Waals surface area (Å²) in [5, 5.41) is 2.86. The van der Waals surface area contributed by atoms with Crippen molar-refractivity contribution in [1.82, 2.24) is 4.90 Å². The van der Waals surface area contributed by atoms with Crippen LogP contribution in [0.5, 0.6) is 5.75 Å². The molecular weight excluding hydrogens is 270 g/mol. The number of anilines is 2. The Kier molecular flexibility index (Phi) is 4.69. The molecule has 1 aliphatic heterocycles. The maximum Gasteiger partial charge on any atom is 0.238 e. The van der Waals surface area contributed by atoms with Gasteiger partial charge < -0.3 is 20.5 Å². The number of morpholine rings is 1. The Morgan fingerprint density at radius 1 is 1.52 bits per heavy atom. The van der Waals surface area contributed by atoms with E-state index in [1.807, 2.05) is 0 Å². The Hall–Kier alpha value is -1.79. The number of rotatable bonds is 4. The van der Waals surface area contributed by atoms with Crippen molar-refractivity contribution in [3.63, 3.8) is 0 Å². The number of carbonyl (C=O) groups excluding carboxylic acids is 1. The summed E-state index contributed by atoms with van der Waals surface area (Å²) in [6, 6.07) is 5.17. The summed E-state index contributed by atoms with van der Waals surface area (Å²) in [7, 11) is 1.56. The minimum atomic E-state index is -0.143. The molecule has 0 aromatic heterocycles. The third-order valence-corrected chi connectivity index (χ3v) is 3.65. The standard InChI is InChI=1S/C15H23N3O3/c1-15(2)10-21-7-6-18(15)9-14(19)17-12-8-11(16)4-5-13(12)20-3/h4-5,8H,6-7,9-10,16H2,1-3H3,(H,17,19). The highest BCUT2D eigenvalue weighted by Crippen LogP contribution is 2.26. The molecule has 0 spiro atoms. The molecule has 1 aromatic carbocycles. The molecule has 116 valence electrons. The minimum absolute atomic E-state index is 0.0890. The van der Waals surface area contributed by atoms with Gasteiger partial charge in [-0.2, -0.15) is 0 Å². The first-order chi connectivity index (χ1) is 9.92. The molecule has 1 aromatic rings. The van der Waals surface area contributed by atoms with Gasteiger partial charge in [-0.3, -0.25) is 9.69 Å². The number of amides is 1. The highest BCUT2D eigenvalue weighted by molar-refractivity contribution is 5.94. The maximum absolute atomic E-state index is 12.3. The van der Waals surface area contributed by atoms with Gasteiger partial charge in [-0.25, -0.2) is 0 Å². The predicted octanol–water partition coefficient (Wildman–Crippen LogP) is 1.33. The molecule has 1 saturated heterocycles. The molecular formula is C15H23N3O3. The molecule has 1 heterocycles. The molecule has 1 amide bonds. The number of carbonyl (C=O) groups is 1. The smallest absolute Gasteiger partial charge is 0.238 e. The summed E-state index contributed by atoms with van der Waals surface area (Å²) >= 11 is 0. The first-order valence-electron chi connectivity index (χ1n) is 6.98. The first-order valence-corrected chi connectivity index (χ1v) is 6.98. The summed E-state index contributed by atoms with van der Waals surface area (Å²) in [5.74, 6) is 0.507. The fourth-order valence-corrected chi connectivity index (χ4v) is 2.37. The minimum Gasteiger partial charge on any atom is -0.495 e. The van der Waals surface area contributed by atoms with Gasteiger partial charge in [0.25, 0.3) is 0 Å². The van der Waals surface area contributed by atoms with Crippen LogP contribution in [0.4, 0.5) is 11.4 Å². The molecule has 3 N–H and O–H groups in total. The molecule has 0 unspecified atom stereocenters. The lowest BCUT2D eigenvalue weighted by Gasteiger charge is -2.41. The zero-order valence-electron chi connectivity index (χ0n) is 12.8. The van der Waals surface area contributed by atoms with Crippen LogP contribution in [0.3, 0.4) is 0 Å². The lowest BCUT2D eigenvalue weighted by Crippen LogP contribution is -2.55. The molecule has 0 bridgehead atoms. The summed E-state index contributed by atoms with van der Waals surface area (Å²) in [4.78, 5) is 14.4. The molecule has 21 heavy (non-hydrogen) atoms. The van der Waals surface area contributed by atoms with E-state index >= 15 is 0 Å². The summed E-state index contributed by atoms with van der Waals surface area (Å²) in [5.41, 5.74) is 6.78. The van der Waals surface area contributed by atoms with Gasteiger partial charge in [0.15, 0.2) is 0 Å². The number of hydrogen-bond acceptors (Lipinski definition) is 5. The third kappa shape index (κ3) is 3.86. The Bertz CT molecular complexity index is 517. The molecule has 0 atom stereocenters. The van der Waals surface area contributed by atoms with Gasteiger partial charge in [0.2, 0.25) is 5.91 Å². The van der Waals surface area contributed by atoms with E-state index in [4.69, 9.17) is 15.2 Å². The van der Waals surface area contributed by atoms with Gasteiger partial charge in [-0.05, 0) is 32.0 Å². The van der Waals surface area contributed by atoms with Crippen molar-refractivity contribution in [3.05, 3.63) is 18.2 Å². The van der Waals surface area contributed by atoms with E-state index in [1.54, 1.807) is 25.3 Å². The Balaban J connectivity index is 2.03. The van der Waals surface area contributed by atoms with Crippen LogP contribution in [0.15, 0.2) is 18.2 Å². The molecule has 0 saturated carbocycles. The van der Waals surface area contributed by atoms with Crippen molar-refractivity contribution in [2.24, 2.45) is 0 Å². The van der Waals surface area contributed by atoms with Crippen LogP contribution in [0.25, 0.3) is 0 Å². The second-order valence-electron chi connectivity index (χ2n) is 5.79. The fraction of sp³-hybridized carbons (Fsp3) is 0.533. The Morgan fingerprint density at radius 2 is 2.29 bits per heavy atom. The van der Waals surface area contributed by atoms with Crippen LogP contribution in [0.1, 0.15) is 13.8 Å². The molecule has 0 radical (unpaired) electrons. The molecule has 6 heteroatoms. The van der Waals surface area contributed by atoms with Gasteiger partial charge in [-0.15, -0.1) is 0 Å². The second-order valence-corrected chi connectivity index (χ2v) is 5.79. The van der Waals surface area contributed by atoms with Gasteiger partial charge in [-0.1, -0.05) is 0 Å². The van der Waals surface area contributed by atoms with E-state index in [-0.39, 0.29) is 11.4 Å². The number of nitrogens with zero attached hydrogens (tertiary/aromatic N) is 1. The van der Waals surface area contributed by atoms with Crippen molar-refractivity contribution < 1.29 is 14.3 Å². The second kappa shape index (κ2) is 6.32. The highest BCUT2D eigenvalue weighted by atomic mass is 16.5. The lowest BCUT2D eigenvalue weighted by molar-refractivity contribution is -0.122. The van der Waals surface area contributed by atoms with Crippen molar-refractivity contribution >= 4 is 17.3 Å². The summed E-state index contributed by atoms with van der Waals surface area (Å²) in [6.07, 6.45) is 0. The van der Waals surface area contributed by atoms with Crippen LogP contribution in [0, 0.1) is 0 Å². The monoisotopic (exact) mass is 293 g/mol. The van der Waals surface area contributed by atoms with E-state index in [0.717, 1.165) is 6.54 Å². The summed E-state index contributed by atoms with van der Waals surface area (Å²) in [6.45, 7) is 6.48. The molecule has 1 aliphatic rings. The maximum atomic E-state index is 12.3. The summed E-state index contributed by atoms with van der Waals surface area (Å²) < 4.78 is 10.7. The highest BCUT2D eigenvalue weighted by Gasteiger charge is 2.31. The molecule has 0 aliphatic carbocycles. The van der Waals surface area contributed by atoms with Crippen molar-refractivity contribution in [1.29, 1.82) is 0 Å². The lowest BCUT2D eigenvalue weighted by atomic mass is 10.0. The number of nitrogens with two attached hydrogens (primary N) is 1. The number of methoxy groups -OCH3 is 1. The van der Waals surface area contributed by atoms with Gasteiger partial charge >= 0.3 is 0 Å². The largest absolute Gasteiger partial charge is 0.495 e. The van der Waals surface area contributed by atoms with Crippen LogP contribution in [-0.2, 0) is 9.53 Å². The zero-order chi connectivity index (χ0) is 15.5. The topological polar surface area (TPSA) is 76.8 Å². The number of nitrogen functional groups attached to an aromatic ring is 1. The SMILES string of the molecule is COc1ccc(N)cc1NC(=O)CN1CCOCC1(C)C. The number of benzene rings is 1. The van der Waals surface area contributed by atoms with Crippen molar-refractivity contribution in [2.45, 2.75) is 19.4 Å². The normalized spacial score (nSPS) is 18.2. The fourth-order valence-electron chi connectivity index (χ4n) is 2.37. The van der Waals surface area contributed by atoms with Gasteiger partial charge in [0, 0.05) is 17.8 Å². The van der Waals surface area contributed by atoms with E-state index in [1.165, 1.54) is 0 Å². The van der Waals surface area contributed by atoms with E-state index in [0.29, 0.717) is 36.9 Å². The van der Waals surface area contributed by atoms with E-state index in [2.05, 4.69) is 24.1 Å². The number of ether oxygens (including phenoxy) is 2. The van der Waals surface area contributed by atoms with E-state index in [9.17, 15) is 4.79 Å². The zero-order valence-corrected chi connectivity index (χ0v) is 12.8. The molecule has 1 fully saturated rings. The predicted molar refractivity (Wildman–Crippen MR) is 82.5 cm³/mol. The van der Waals surface area contributed by atoms with E-state index < -0.39 is 0 Å². The van der Waals surface area contributed by atoms with Crippen molar-refractivity contribution in [3.8, 4) is 5.75 Å². The van der Waals surface area contributed by atoms with Crippen LogP contribution >= 0.6 is 0 Å². The Morgan fingerprint density at radius 3 is 2.95 bits per heavy atom. The quantitative estimate of drug-likeness (QED) is 0.819. The first kappa shape index (κ1) is 15.6. The van der Waals surface area contributed by atoms with Gasteiger partial charge in [0.1, 0.15) is 5.75 Å². The molecule has 6 nitrogen and oxygen atoms in total. The average Bonchev–Trinajstić information content (AvgIpc) is 2.41. The van der Waals surface area contributed by atoms with Crippen LogP contribution < -0.4 is 15.8 Å².